The summed E-state index contributed by atoms with van der Waals surface area (Å²) >= 11 is 15.4. The van der Waals surface area contributed by atoms with Crippen LogP contribution in [0.15, 0.2) is 46.9 Å². The van der Waals surface area contributed by atoms with Crippen molar-refractivity contribution < 1.29 is 0 Å². The minimum absolute atomic E-state index is 0.229. The lowest BCUT2D eigenvalue weighted by Gasteiger charge is -2.18. The summed E-state index contributed by atoms with van der Waals surface area (Å²) in [5, 5.41) is 4.83. The van der Waals surface area contributed by atoms with Crippen molar-refractivity contribution in [3.8, 4) is 0 Å². The molecule has 0 bridgehead atoms. The quantitative estimate of drug-likeness (QED) is 0.786. The molecule has 0 saturated carbocycles. The molecule has 1 N–H and O–H groups in total. The zero-order chi connectivity index (χ0) is 13.8. The molecule has 0 fully saturated rings. The van der Waals surface area contributed by atoms with E-state index in [1.54, 1.807) is 0 Å². The molecule has 0 aliphatic heterocycles. The maximum absolute atomic E-state index is 5.98. The minimum atomic E-state index is 0.229. The summed E-state index contributed by atoms with van der Waals surface area (Å²) in [6.07, 6.45) is 0.897. The minimum Gasteiger partial charge on any atom is -0.313 e. The smallest absolute Gasteiger partial charge is 0.0417 e. The van der Waals surface area contributed by atoms with Crippen LogP contribution in [0.1, 0.15) is 17.2 Å². The Kier molecular flexibility index (Phi) is 5.28. The molecule has 100 valence electrons. The summed E-state index contributed by atoms with van der Waals surface area (Å²) in [6.45, 7) is 0. The van der Waals surface area contributed by atoms with E-state index in [1.165, 1.54) is 11.1 Å². The number of rotatable bonds is 4. The van der Waals surface area contributed by atoms with Crippen molar-refractivity contribution in [2.24, 2.45) is 0 Å². The monoisotopic (exact) mass is 357 g/mol. The van der Waals surface area contributed by atoms with Gasteiger partial charge in [-0.05, 0) is 48.9 Å². The van der Waals surface area contributed by atoms with Crippen molar-refractivity contribution >= 4 is 39.1 Å². The number of likely N-dealkylation sites (N-methyl/N-ethyl adjacent to an activating group) is 1. The molecule has 0 spiro atoms. The van der Waals surface area contributed by atoms with E-state index >= 15 is 0 Å². The third-order valence-corrected chi connectivity index (χ3v) is 4.21. The molecule has 0 saturated heterocycles. The molecule has 2 aromatic rings. The maximum atomic E-state index is 5.98. The lowest BCUT2D eigenvalue weighted by atomic mass is 9.99. The average Bonchev–Trinajstić information content (AvgIpc) is 2.39. The van der Waals surface area contributed by atoms with E-state index in [-0.39, 0.29) is 6.04 Å². The molecule has 0 aliphatic carbocycles. The second-order valence-electron chi connectivity index (χ2n) is 4.34. The molecule has 19 heavy (non-hydrogen) atoms. The van der Waals surface area contributed by atoms with Crippen LogP contribution in [0.3, 0.4) is 0 Å². The Hall–Kier alpha value is -0.540. The summed E-state index contributed by atoms with van der Waals surface area (Å²) in [7, 11) is 1.96. The van der Waals surface area contributed by atoms with Gasteiger partial charge in [-0.25, -0.2) is 0 Å². The van der Waals surface area contributed by atoms with Crippen LogP contribution < -0.4 is 5.32 Å². The Morgan fingerprint density at radius 2 is 1.68 bits per heavy atom. The van der Waals surface area contributed by atoms with Crippen LogP contribution in [-0.2, 0) is 6.42 Å². The Morgan fingerprint density at radius 3 is 2.26 bits per heavy atom. The standard InChI is InChI=1S/C15H14BrCl2N/c1-19-15(8-10-2-4-11(17)5-3-10)13-7-6-12(18)9-14(13)16/h2-7,9,15,19H,8H2,1H3. The highest BCUT2D eigenvalue weighted by atomic mass is 79.9. The first-order valence-corrected chi connectivity index (χ1v) is 7.51. The molecular formula is C15H14BrCl2N. The largest absolute Gasteiger partial charge is 0.313 e. The average molecular weight is 359 g/mol. The highest BCUT2D eigenvalue weighted by molar-refractivity contribution is 9.10. The van der Waals surface area contributed by atoms with Crippen LogP contribution in [0.5, 0.6) is 0 Å². The van der Waals surface area contributed by atoms with Gasteiger partial charge in [0.15, 0.2) is 0 Å². The number of hydrogen-bond acceptors (Lipinski definition) is 1. The second-order valence-corrected chi connectivity index (χ2v) is 6.06. The molecule has 1 atom stereocenters. The van der Waals surface area contributed by atoms with Crippen molar-refractivity contribution in [1.82, 2.24) is 5.32 Å². The fraction of sp³-hybridized carbons (Fsp3) is 0.200. The molecule has 4 heteroatoms. The molecule has 0 aliphatic rings. The van der Waals surface area contributed by atoms with Crippen molar-refractivity contribution in [2.75, 3.05) is 7.05 Å². The van der Waals surface area contributed by atoms with Crippen LogP contribution in [0, 0.1) is 0 Å². The van der Waals surface area contributed by atoms with Gasteiger partial charge in [0.25, 0.3) is 0 Å². The topological polar surface area (TPSA) is 12.0 Å². The van der Waals surface area contributed by atoms with Crippen LogP contribution in [0.25, 0.3) is 0 Å². The Labute approximate surface area is 132 Å². The first-order chi connectivity index (χ1) is 9.10. The van der Waals surface area contributed by atoms with Crippen molar-refractivity contribution in [3.63, 3.8) is 0 Å². The molecule has 0 aromatic heterocycles. The molecule has 2 aromatic carbocycles. The summed E-state index contributed by atoms with van der Waals surface area (Å²) < 4.78 is 1.02. The van der Waals surface area contributed by atoms with Crippen LogP contribution in [-0.4, -0.2) is 7.05 Å². The van der Waals surface area contributed by atoms with Crippen molar-refractivity contribution in [2.45, 2.75) is 12.5 Å². The van der Waals surface area contributed by atoms with Gasteiger partial charge in [-0.3, -0.25) is 0 Å². The fourth-order valence-electron chi connectivity index (χ4n) is 2.01. The van der Waals surface area contributed by atoms with E-state index in [1.807, 2.05) is 37.4 Å². The molecule has 0 heterocycles. The molecular weight excluding hydrogens is 345 g/mol. The third kappa shape index (κ3) is 3.96. The van der Waals surface area contributed by atoms with E-state index in [2.05, 4.69) is 33.4 Å². The van der Waals surface area contributed by atoms with Gasteiger partial charge in [-0.2, -0.15) is 0 Å². The first kappa shape index (κ1) is 14.9. The van der Waals surface area contributed by atoms with Crippen LogP contribution in [0.4, 0.5) is 0 Å². The second kappa shape index (κ2) is 6.76. The van der Waals surface area contributed by atoms with Gasteiger partial charge < -0.3 is 5.32 Å². The summed E-state index contributed by atoms with van der Waals surface area (Å²) in [5.74, 6) is 0. The normalized spacial score (nSPS) is 12.4. The lowest BCUT2D eigenvalue weighted by Crippen LogP contribution is -2.19. The van der Waals surface area contributed by atoms with E-state index in [9.17, 15) is 0 Å². The number of nitrogens with one attached hydrogen (secondary N) is 1. The predicted molar refractivity (Wildman–Crippen MR) is 86.1 cm³/mol. The van der Waals surface area contributed by atoms with Crippen molar-refractivity contribution in [3.05, 3.63) is 68.1 Å². The zero-order valence-corrected chi connectivity index (χ0v) is 13.6. The van der Waals surface area contributed by atoms with E-state index < -0.39 is 0 Å². The number of benzene rings is 2. The third-order valence-electron chi connectivity index (χ3n) is 3.04. The predicted octanol–water partition coefficient (Wildman–Crippen LogP) is 5.26. The summed E-state index contributed by atoms with van der Waals surface area (Å²) in [4.78, 5) is 0. The maximum Gasteiger partial charge on any atom is 0.0417 e. The summed E-state index contributed by atoms with van der Waals surface area (Å²) in [5.41, 5.74) is 2.44. The van der Waals surface area contributed by atoms with Gasteiger partial charge in [0.05, 0.1) is 0 Å². The molecule has 1 unspecified atom stereocenters. The fourth-order valence-corrected chi connectivity index (χ4v) is 3.09. The molecule has 0 amide bonds. The Balaban J connectivity index is 2.22. The Bertz CT molecular complexity index is 555. The van der Waals surface area contributed by atoms with Gasteiger partial charge in [-0.1, -0.05) is 57.3 Å². The molecule has 1 nitrogen and oxygen atoms in total. The number of hydrogen-bond donors (Lipinski definition) is 1. The van der Waals surface area contributed by atoms with Gasteiger partial charge in [0, 0.05) is 20.6 Å². The van der Waals surface area contributed by atoms with Gasteiger partial charge in [0.1, 0.15) is 0 Å². The van der Waals surface area contributed by atoms with Crippen LogP contribution >= 0.6 is 39.1 Å². The van der Waals surface area contributed by atoms with Crippen molar-refractivity contribution in [1.29, 1.82) is 0 Å². The lowest BCUT2D eigenvalue weighted by molar-refractivity contribution is 0.590. The first-order valence-electron chi connectivity index (χ1n) is 5.97. The van der Waals surface area contributed by atoms with E-state index in [0.29, 0.717) is 0 Å². The van der Waals surface area contributed by atoms with E-state index in [0.717, 1.165) is 20.9 Å². The zero-order valence-electron chi connectivity index (χ0n) is 10.5. The highest BCUT2D eigenvalue weighted by Gasteiger charge is 2.13. The summed E-state index contributed by atoms with van der Waals surface area (Å²) in [6, 6.07) is 14.0. The van der Waals surface area contributed by atoms with Gasteiger partial charge in [-0.15, -0.1) is 0 Å². The Morgan fingerprint density at radius 1 is 1.05 bits per heavy atom. The molecule has 2 rings (SSSR count). The van der Waals surface area contributed by atoms with E-state index in [4.69, 9.17) is 23.2 Å². The van der Waals surface area contributed by atoms with Gasteiger partial charge in [0.2, 0.25) is 0 Å². The van der Waals surface area contributed by atoms with Crippen LogP contribution in [0.2, 0.25) is 10.0 Å². The number of halogens is 3. The SMILES string of the molecule is CNC(Cc1ccc(Cl)cc1)c1ccc(Cl)cc1Br. The highest BCUT2D eigenvalue weighted by Crippen LogP contribution is 2.28. The van der Waals surface area contributed by atoms with Gasteiger partial charge >= 0.3 is 0 Å². The molecule has 0 radical (unpaired) electrons.